The zero-order valence-electron chi connectivity index (χ0n) is 11.7. The van der Waals surface area contributed by atoms with Crippen molar-refractivity contribution in [3.05, 3.63) is 34.4 Å². The van der Waals surface area contributed by atoms with Gasteiger partial charge in [0, 0.05) is 18.2 Å². The summed E-state index contributed by atoms with van der Waals surface area (Å²) in [5.74, 6) is 0.00788. The molecule has 0 saturated carbocycles. The molecule has 1 aromatic carbocycles. The average molecular weight is 300 g/mol. The Morgan fingerprint density at radius 1 is 1.30 bits per heavy atom. The molecule has 0 radical (unpaired) electrons. The highest BCUT2D eigenvalue weighted by atomic mass is 32.2. The van der Waals surface area contributed by atoms with Crippen LogP contribution >= 0.6 is 0 Å². The number of nitrogens with zero attached hydrogens (tertiary/aromatic N) is 1. The van der Waals surface area contributed by atoms with Crippen LogP contribution in [-0.2, 0) is 9.84 Å². The molecule has 0 fully saturated rings. The van der Waals surface area contributed by atoms with E-state index in [1.165, 1.54) is 18.2 Å². The highest BCUT2D eigenvalue weighted by Gasteiger charge is 2.17. The van der Waals surface area contributed by atoms with E-state index >= 15 is 0 Å². The summed E-state index contributed by atoms with van der Waals surface area (Å²) in [4.78, 5) is 10.1. The van der Waals surface area contributed by atoms with E-state index in [0.29, 0.717) is 12.5 Å². The number of non-ortho nitro benzene ring substituents is 1. The van der Waals surface area contributed by atoms with Gasteiger partial charge in [-0.1, -0.05) is 19.9 Å². The predicted octanol–water partition coefficient (Wildman–Crippen LogP) is 2.15. The second-order valence-electron chi connectivity index (χ2n) is 4.89. The van der Waals surface area contributed by atoms with Crippen molar-refractivity contribution in [3.8, 4) is 0 Å². The molecule has 7 heteroatoms. The molecule has 0 aliphatic carbocycles. The van der Waals surface area contributed by atoms with Gasteiger partial charge in [-0.25, -0.2) is 8.42 Å². The van der Waals surface area contributed by atoms with Crippen LogP contribution < -0.4 is 5.32 Å². The molecule has 0 aromatic heterocycles. The first-order valence-electron chi connectivity index (χ1n) is 6.53. The molecule has 1 N–H and O–H groups in total. The summed E-state index contributed by atoms with van der Waals surface area (Å²) in [6, 6.07) is 5.57. The molecule has 0 heterocycles. The average Bonchev–Trinajstić information content (AvgIpc) is 2.38. The van der Waals surface area contributed by atoms with Gasteiger partial charge < -0.3 is 5.32 Å². The summed E-state index contributed by atoms with van der Waals surface area (Å²) >= 11 is 0. The van der Waals surface area contributed by atoms with Crippen molar-refractivity contribution in [1.29, 1.82) is 0 Å². The van der Waals surface area contributed by atoms with Crippen LogP contribution in [0.15, 0.2) is 29.2 Å². The zero-order valence-corrected chi connectivity index (χ0v) is 12.5. The molecule has 6 nitrogen and oxygen atoms in total. The van der Waals surface area contributed by atoms with Crippen LogP contribution in [0.4, 0.5) is 5.69 Å². The molecule has 0 saturated heterocycles. The molecule has 0 aliphatic rings. The normalized spacial score (nSPS) is 11.8. The van der Waals surface area contributed by atoms with Crippen molar-refractivity contribution >= 4 is 15.5 Å². The number of benzene rings is 1. The maximum atomic E-state index is 12.1. The lowest BCUT2D eigenvalue weighted by Crippen LogP contribution is -2.24. The first-order valence-corrected chi connectivity index (χ1v) is 8.19. The minimum Gasteiger partial charge on any atom is -0.315 e. The first kappa shape index (κ1) is 16.6. The van der Waals surface area contributed by atoms with Crippen molar-refractivity contribution < 1.29 is 13.3 Å². The first-order chi connectivity index (χ1) is 9.33. The second-order valence-corrected chi connectivity index (χ2v) is 7.00. The number of nitro groups is 1. The van der Waals surface area contributed by atoms with Crippen molar-refractivity contribution in [2.24, 2.45) is 0 Å². The fourth-order valence-electron chi connectivity index (χ4n) is 1.72. The fourth-order valence-corrected chi connectivity index (χ4v) is 3.12. The molecule has 112 valence electrons. The number of sulfone groups is 1. The summed E-state index contributed by atoms with van der Waals surface area (Å²) in [5, 5.41) is 13.9. The van der Waals surface area contributed by atoms with Gasteiger partial charge >= 0.3 is 0 Å². The third kappa shape index (κ3) is 5.26. The van der Waals surface area contributed by atoms with Gasteiger partial charge in [-0.05, 0) is 25.5 Å². The molecule has 0 bridgehead atoms. The highest BCUT2D eigenvalue weighted by molar-refractivity contribution is 7.91. The van der Waals surface area contributed by atoms with Gasteiger partial charge in [0.05, 0.1) is 15.6 Å². The maximum Gasteiger partial charge on any atom is 0.270 e. The van der Waals surface area contributed by atoms with Crippen molar-refractivity contribution in [2.45, 2.75) is 37.6 Å². The van der Waals surface area contributed by atoms with Crippen molar-refractivity contribution in [2.75, 3.05) is 12.3 Å². The standard InChI is InChI=1S/C13H20N2O4S/c1-11(2)14-8-3-4-9-20(18,19)13-7-5-6-12(10-13)15(16)17/h5-7,10-11,14H,3-4,8-9H2,1-2H3. The van der Waals surface area contributed by atoms with Crippen molar-refractivity contribution in [1.82, 2.24) is 5.32 Å². The summed E-state index contributed by atoms with van der Waals surface area (Å²) in [6.07, 6.45) is 1.29. The van der Waals surface area contributed by atoms with Crippen LogP contribution in [-0.4, -0.2) is 31.7 Å². The third-order valence-corrected chi connectivity index (χ3v) is 4.58. The third-order valence-electron chi connectivity index (χ3n) is 2.78. The van der Waals surface area contributed by atoms with Gasteiger partial charge in [-0.15, -0.1) is 0 Å². The van der Waals surface area contributed by atoms with Gasteiger partial charge in [0.25, 0.3) is 5.69 Å². The van der Waals surface area contributed by atoms with Crippen LogP contribution in [0.3, 0.4) is 0 Å². The van der Waals surface area contributed by atoms with E-state index in [-0.39, 0.29) is 16.3 Å². The Labute approximate surface area is 119 Å². The Bertz CT molecular complexity index is 555. The fraction of sp³-hybridized carbons (Fsp3) is 0.538. The molecular formula is C13H20N2O4S. The highest BCUT2D eigenvalue weighted by Crippen LogP contribution is 2.19. The van der Waals surface area contributed by atoms with Gasteiger partial charge in [0.2, 0.25) is 0 Å². The maximum absolute atomic E-state index is 12.1. The number of nitrogens with one attached hydrogen (secondary N) is 1. The van der Waals surface area contributed by atoms with E-state index in [4.69, 9.17) is 0 Å². The van der Waals surface area contributed by atoms with E-state index in [1.807, 2.05) is 13.8 Å². The summed E-state index contributed by atoms with van der Waals surface area (Å²) in [6.45, 7) is 4.82. The van der Waals surface area contributed by atoms with Gasteiger partial charge in [-0.2, -0.15) is 0 Å². The van der Waals surface area contributed by atoms with Crippen LogP contribution in [0.5, 0.6) is 0 Å². The lowest BCUT2D eigenvalue weighted by atomic mass is 10.3. The minimum absolute atomic E-state index is 0.00788. The minimum atomic E-state index is -3.45. The smallest absolute Gasteiger partial charge is 0.270 e. The monoisotopic (exact) mass is 300 g/mol. The van der Waals surface area contributed by atoms with E-state index in [0.717, 1.165) is 19.0 Å². The number of hydrogen-bond donors (Lipinski definition) is 1. The Morgan fingerprint density at radius 2 is 2.00 bits per heavy atom. The number of hydrogen-bond acceptors (Lipinski definition) is 5. The molecule has 0 unspecified atom stereocenters. The number of nitro benzene ring substituents is 1. The lowest BCUT2D eigenvalue weighted by molar-refractivity contribution is -0.385. The molecule has 0 spiro atoms. The Kier molecular flexibility index (Phi) is 6.09. The SMILES string of the molecule is CC(C)NCCCCS(=O)(=O)c1cccc([N+](=O)[O-])c1. The van der Waals surface area contributed by atoms with Crippen LogP contribution in [0.1, 0.15) is 26.7 Å². The van der Waals surface area contributed by atoms with Gasteiger partial charge in [0.1, 0.15) is 0 Å². The molecular weight excluding hydrogens is 280 g/mol. The zero-order chi connectivity index (χ0) is 15.2. The Balaban J connectivity index is 2.60. The summed E-state index contributed by atoms with van der Waals surface area (Å²) < 4.78 is 24.1. The second kappa shape index (κ2) is 7.35. The Hall–Kier alpha value is -1.47. The summed E-state index contributed by atoms with van der Waals surface area (Å²) in [7, 11) is -3.45. The van der Waals surface area contributed by atoms with Crippen LogP contribution in [0.2, 0.25) is 0 Å². The quantitative estimate of drug-likeness (QED) is 0.451. The van der Waals surface area contributed by atoms with E-state index in [2.05, 4.69) is 5.32 Å². The van der Waals surface area contributed by atoms with Crippen LogP contribution in [0.25, 0.3) is 0 Å². The van der Waals surface area contributed by atoms with Crippen molar-refractivity contribution in [3.63, 3.8) is 0 Å². The largest absolute Gasteiger partial charge is 0.315 e. The van der Waals surface area contributed by atoms with Gasteiger partial charge in [-0.3, -0.25) is 10.1 Å². The Morgan fingerprint density at radius 3 is 2.60 bits per heavy atom. The van der Waals surface area contributed by atoms with E-state index < -0.39 is 14.8 Å². The van der Waals surface area contributed by atoms with E-state index in [1.54, 1.807) is 0 Å². The van der Waals surface area contributed by atoms with Crippen LogP contribution in [0, 0.1) is 10.1 Å². The molecule has 1 rings (SSSR count). The summed E-state index contributed by atoms with van der Waals surface area (Å²) in [5.41, 5.74) is -0.201. The molecule has 0 aliphatic heterocycles. The number of unbranched alkanes of at least 4 members (excludes halogenated alkanes) is 1. The molecule has 1 aromatic rings. The van der Waals surface area contributed by atoms with Gasteiger partial charge in [0.15, 0.2) is 9.84 Å². The van der Waals surface area contributed by atoms with E-state index in [9.17, 15) is 18.5 Å². The molecule has 20 heavy (non-hydrogen) atoms. The topological polar surface area (TPSA) is 89.3 Å². The lowest BCUT2D eigenvalue weighted by Gasteiger charge is -2.08. The molecule has 0 atom stereocenters. The molecule has 0 amide bonds. The predicted molar refractivity (Wildman–Crippen MR) is 77.5 cm³/mol. The number of rotatable bonds is 8.